The van der Waals surface area contributed by atoms with Crippen LogP contribution in [0.25, 0.3) is 0 Å². The van der Waals surface area contributed by atoms with E-state index in [4.69, 9.17) is 4.74 Å². The number of hydrogen-bond acceptors (Lipinski definition) is 2. The van der Waals surface area contributed by atoms with Crippen molar-refractivity contribution in [2.45, 2.75) is 45.1 Å². The number of halogens is 1. The fourth-order valence-electron chi connectivity index (χ4n) is 2.80. The fourth-order valence-corrected chi connectivity index (χ4v) is 2.80. The van der Waals surface area contributed by atoms with E-state index in [-0.39, 0.29) is 11.9 Å². The van der Waals surface area contributed by atoms with Crippen LogP contribution in [0.2, 0.25) is 0 Å². The first-order valence-corrected chi connectivity index (χ1v) is 7.27. The van der Waals surface area contributed by atoms with Crippen LogP contribution in [0.3, 0.4) is 0 Å². The van der Waals surface area contributed by atoms with E-state index < -0.39 is 0 Å². The van der Waals surface area contributed by atoms with Gasteiger partial charge in [0.2, 0.25) is 0 Å². The van der Waals surface area contributed by atoms with Crippen molar-refractivity contribution in [3.05, 3.63) is 29.6 Å². The molecule has 1 aromatic rings. The maximum atomic E-state index is 13.7. The molecule has 0 radical (unpaired) electrons. The molecule has 1 unspecified atom stereocenters. The fraction of sp³-hybridized carbons (Fsp3) is 0.625. The second kappa shape index (κ2) is 6.90. The lowest BCUT2D eigenvalue weighted by Gasteiger charge is -2.24. The minimum absolute atomic E-state index is 0.183. The number of ether oxygens (including phenoxy) is 1. The lowest BCUT2D eigenvalue weighted by Crippen LogP contribution is -2.27. The molecule has 106 valence electrons. The standard InChI is InChI=1S/C16H24FNO/c1-12(18-11-13-6-4-3-5-7-13)14-8-9-16(19-2)15(17)10-14/h8-10,12-13,18H,3-7,11H2,1-2H3. The third-order valence-electron chi connectivity index (χ3n) is 4.11. The second-order valence-electron chi connectivity index (χ2n) is 5.53. The van der Waals surface area contributed by atoms with Gasteiger partial charge in [-0.3, -0.25) is 0 Å². The summed E-state index contributed by atoms with van der Waals surface area (Å²) in [6, 6.07) is 5.38. The highest BCUT2D eigenvalue weighted by Crippen LogP contribution is 2.25. The zero-order chi connectivity index (χ0) is 13.7. The summed E-state index contributed by atoms with van der Waals surface area (Å²) in [7, 11) is 1.49. The topological polar surface area (TPSA) is 21.3 Å². The van der Waals surface area contributed by atoms with Crippen molar-refractivity contribution in [2.24, 2.45) is 5.92 Å². The summed E-state index contributed by atoms with van der Waals surface area (Å²) in [4.78, 5) is 0. The van der Waals surface area contributed by atoms with Crippen LogP contribution < -0.4 is 10.1 Å². The molecule has 0 spiro atoms. The molecule has 1 atom stereocenters. The van der Waals surface area contributed by atoms with Gasteiger partial charge in [-0.2, -0.15) is 0 Å². The van der Waals surface area contributed by atoms with Gasteiger partial charge >= 0.3 is 0 Å². The molecular formula is C16H24FNO. The number of methoxy groups -OCH3 is 1. The predicted octanol–water partition coefficient (Wildman–Crippen LogP) is 4.07. The largest absolute Gasteiger partial charge is 0.494 e. The highest BCUT2D eigenvalue weighted by atomic mass is 19.1. The number of benzene rings is 1. The molecule has 0 bridgehead atoms. The van der Waals surface area contributed by atoms with Crippen molar-refractivity contribution in [1.82, 2.24) is 5.32 Å². The first-order chi connectivity index (χ1) is 9.20. The molecule has 2 nitrogen and oxygen atoms in total. The van der Waals surface area contributed by atoms with Gasteiger partial charge in [-0.05, 0) is 49.9 Å². The van der Waals surface area contributed by atoms with Gasteiger partial charge in [0.25, 0.3) is 0 Å². The molecule has 19 heavy (non-hydrogen) atoms. The number of rotatable bonds is 5. The van der Waals surface area contributed by atoms with Gasteiger partial charge in [-0.25, -0.2) is 4.39 Å². The Morgan fingerprint density at radius 2 is 2.05 bits per heavy atom. The molecule has 1 aliphatic rings. The quantitative estimate of drug-likeness (QED) is 0.866. The van der Waals surface area contributed by atoms with Crippen LogP contribution >= 0.6 is 0 Å². The Hall–Kier alpha value is -1.09. The highest BCUT2D eigenvalue weighted by Gasteiger charge is 2.15. The summed E-state index contributed by atoms with van der Waals surface area (Å²) in [5.74, 6) is 0.814. The summed E-state index contributed by atoms with van der Waals surface area (Å²) in [5, 5.41) is 3.53. The van der Waals surface area contributed by atoms with Crippen LogP contribution in [0, 0.1) is 11.7 Å². The summed E-state index contributed by atoms with van der Waals surface area (Å²) in [5.41, 5.74) is 0.981. The normalized spacial score (nSPS) is 18.3. The van der Waals surface area contributed by atoms with Gasteiger partial charge in [0.1, 0.15) is 0 Å². The van der Waals surface area contributed by atoms with Crippen molar-refractivity contribution < 1.29 is 9.13 Å². The Balaban J connectivity index is 1.88. The Morgan fingerprint density at radius 3 is 2.68 bits per heavy atom. The Morgan fingerprint density at radius 1 is 1.32 bits per heavy atom. The van der Waals surface area contributed by atoms with E-state index in [2.05, 4.69) is 12.2 Å². The SMILES string of the molecule is COc1ccc(C(C)NCC2CCCCC2)cc1F. The minimum atomic E-state index is -0.286. The van der Waals surface area contributed by atoms with Crippen LogP contribution in [-0.4, -0.2) is 13.7 Å². The number of nitrogens with one attached hydrogen (secondary N) is 1. The second-order valence-corrected chi connectivity index (χ2v) is 5.53. The van der Waals surface area contributed by atoms with Gasteiger partial charge in [-0.15, -0.1) is 0 Å². The molecule has 0 heterocycles. The summed E-state index contributed by atoms with van der Waals surface area (Å²) in [6.45, 7) is 3.12. The third kappa shape index (κ3) is 3.93. The molecule has 0 aliphatic heterocycles. The van der Waals surface area contributed by atoms with E-state index in [1.807, 2.05) is 6.07 Å². The highest BCUT2D eigenvalue weighted by molar-refractivity contribution is 5.30. The average molecular weight is 265 g/mol. The summed E-state index contributed by atoms with van der Waals surface area (Å²) in [6.07, 6.45) is 6.76. The lowest BCUT2D eigenvalue weighted by atomic mass is 9.89. The molecule has 2 rings (SSSR count). The summed E-state index contributed by atoms with van der Waals surface area (Å²) < 4.78 is 18.6. The molecule has 1 saturated carbocycles. The Bertz CT molecular complexity index is 402. The van der Waals surface area contributed by atoms with Crippen molar-refractivity contribution in [1.29, 1.82) is 0 Å². The zero-order valence-electron chi connectivity index (χ0n) is 11.9. The van der Waals surface area contributed by atoms with E-state index in [1.54, 1.807) is 12.1 Å². The van der Waals surface area contributed by atoms with Gasteiger partial charge < -0.3 is 10.1 Å². The van der Waals surface area contributed by atoms with Crippen LogP contribution in [0.15, 0.2) is 18.2 Å². The van der Waals surface area contributed by atoms with Crippen molar-refractivity contribution in [3.8, 4) is 5.75 Å². The molecule has 3 heteroatoms. The van der Waals surface area contributed by atoms with Gasteiger partial charge in [0.15, 0.2) is 11.6 Å². The summed E-state index contributed by atoms with van der Waals surface area (Å²) >= 11 is 0. The first-order valence-electron chi connectivity index (χ1n) is 7.27. The molecule has 0 aromatic heterocycles. The molecule has 0 saturated heterocycles. The molecule has 1 N–H and O–H groups in total. The molecule has 1 aliphatic carbocycles. The van der Waals surface area contributed by atoms with Crippen molar-refractivity contribution >= 4 is 0 Å². The maximum Gasteiger partial charge on any atom is 0.165 e. The molecule has 1 aromatic carbocycles. The van der Waals surface area contributed by atoms with Crippen LogP contribution in [0.5, 0.6) is 5.75 Å². The van der Waals surface area contributed by atoms with Crippen molar-refractivity contribution in [3.63, 3.8) is 0 Å². The van der Waals surface area contributed by atoms with Gasteiger partial charge in [0, 0.05) is 6.04 Å². The lowest BCUT2D eigenvalue weighted by molar-refractivity contribution is 0.331. The van der Waals surface area contributed by atoms with Crippen LogP contribution in [0.4, 0.5) is 4.39 Å². The van der Waals surface area contributed by atoms with Crippen molar-refractivity contribution in [2.75, 3.05) is 13.7 Å². The predicted molar refractivity (Wildman–Crippen MR) is 75.9 cm³/mol. The van der Waals surface area contributed by atoms with E-state index in [0.29, 0.717) is 5.75 Å². The van der Waals surface area contributed by atoms with E-state index in [1.165, 1.54) is 39.2 Å². The molecular weight excluding hydrogens is 241 g/mol. The maximum absolute atomic E-state index is 13.7. The van der Waals surface area contributed by atoms with Crippen LogP contribution in [-0.2, 0) is 0 Å². The third-order valence-corrected chi connectivity index (χ3v) is 4.11. The minimum Gasteiger partial charge on any atom is -0.494 e. The van der Waals surface area contributed by atoms with Gasteiger partial charge in [-0.1, -0.05) is 25.3 Å². The van der Waals surface area contributed by atoms with E-state index in [0.717, 1.165) is 18.0 Å². The van der Waals surface area contributed by atoms with Crippen LogP contribution in [0.1, 0.15) is 50.6 Å². The molecule has 1 fully saturated rings. The van der Waals surface area contributed by atoms with E-state index >= 15 is 0 Å². The molecule has 0 amide bonds. The zero-order valence-corrected chi connectivity index (χ0v) is 11.9. The average Bonchev–Trinajstić information content (AvgIpc) is 2.45. The monoisotopic (exact) mass is 265 g/mol. The Labute approximate surface area is 115 Å². The van der Waals surface area contributed by atoms with Gasteiger partial charge in [0.05, 0.1) is 7.11 Å². The first kappa shape index (κ1) is 14.3. The smallest absolute Gasteiger partial charge is 0.165 e. The van der Waals surface area contributed by atoms with E-state index in [9.17, 15) is 4.39 Å². The Kier molecular flexibility index (Phi) is 5.20. The number of hydrogen-bond donors (Lipinski definition) is 1.